The number of ether oxygens (including phenoxy) is 1. The lowest BCUT2D eigenvalue weighted by molar-refractivity contribution is -0.267. The Kier molecular flexibility index (Phi) is 2.34. The molecule has 1 rings (SSSR count). The Morgan fingerprint density at radius 3 is 2.42 bits per heavy atom. The number of carboxylic acid groups (broad SMARTS) is 1. The van der Waals surface area contributed by atoms with Gasteiger partial charge in [0.2, 0.25) is 0 Å². The second-order valence-corrected chi connectivity index (χ2v) is 2.74. The van der Waals surface area contributed by atoms with Crippen molar-refractivity contribution < 1.29 is 30.0 Å². The van der Waals surface area contributed by atoms with E-state index in [4.69, 9.17) is 20.4 Å². The number of carboxylic acids is 1. The van der Waals surface area contributed by atoms with Crippen LogP contribution in [0.1, 0.15) is 6.42 Å². The second-order valence-electron chi connectivity index (χ2n) is 2.74. The molecule has 1 saturated heterocycles. The Labute approximate surface area is 68.0 Å². The maximum Gasteiger partial charge on any atom is 0.364 e. The van der Waals surface area contributed by atoms with Gasteiger partial charge in [0.25, 0.3) is 5.79 Å². The summed E-state index contributed by atoms with van der Waals surface area (Å²) in [5.41, 5.74) is 0. The smallest absolute Gasteiger partial charge is 0.364 e. The number of hydrogen-bond acceptors (Lipinski definition) is 5. The van der Waals surface area contributed by atoms with E-state index in [1.165, 1.54) is 0 Å². The summed E-state index contributed by atoms with van der Waals surface area (Å²) in [5.74, 6) is -3.92. The van der Waals surface area contributed by atoms with Gasteiger partial charge in [-0.25, -0.2) is 4.79 Å². The Balaban J connectivity index is 2.66. The first kappa shape index (κ1) is 9.40. The number of rotatable bonds is 1. The highest BCUT2D eigenvalue weighted by Crippen LogP contribution is 2.22. The molecule has 0 saturated carbocycles. The number of aliphatic hydroxyl groups is 3. The standard InChI is InChI=1S/C6H10O6/c7-3-1-6(11,5(9)10)12-2-4(3)8/h3-4,7-8,11H,1-2H2,(H,9,10)/t3-,4+,6+/m1/s1. The molecule has 0 amide bonds. The van der Waals surface area contributed by atoms with E-state index in [1.54, 1.807) is 0 Å². The van der Waals surface area contributed by atoms with E-state index in [-0.39, 0.29) is 6.61 Å². The molecule has 12 heavy (non-hydrogen) atoms. The lowest BCUT2D eigenvalue weighted by Gasteiger charge is -2.33. The molecule has 4 N–H and O–H groups in total. The maximum absolute atomic E-state index is 10.4. The summed E-state index contributed by atoms with van der Waals surface area (Å²) in [4.78, 5) is 10.4. The van der Waals surface area contributed by atoms with E-state index in [9.17, 15) is 4.79 Å². The third-order valence-electron chi connectivity index (χ3n) is 1.76. The number of aliphatic carboxylic acids is 1. The van der Waals surface area contributed by atoms with Gasteiger partial charge in [-0.2, -0.15) is 0 Å². The van der Waals surface area contributed by atoms with Gasteiger partial charge in [0.15, 0.2) is 0 Å². The molecule has 1 fully saturated rings. The van der Waals surface area contributed by atoms with Crippen molar-refractivity contribution in [2.45, 2.75) is 24.4 Å². The average molecular weight is 178 g/mol. The van der Waals surface area contributed by atoms with E-state index < -0.39 is 30.4 Å². The monoisotopic (exact) mass is 178 g/mol. The molecule has 6 nitrogen and oxygen atoms in total. The Bertz CT molecular complexity index is 192. The van der Waals surface area contributed by atoms with Gasteiger partial charge >= 0.3 is 5.97 Å². The maximum atomic E-state index is 10.4. The molecule has 0 aliphatic carbocycles. The van der Waals surface area contributed by atoms with Crippen LogP contribution < -0.4 is 0 Å². The predicted octanol–water partition coefficient (Wildman–Crippen LogP) is -2.10. The molecular weight excluding hydrogens is 168 g/mol. The van der Waals surface area contributed by atoms with Crippen LogP contribution in [0, 0.1) is 0 Å². The minimum Gasteiger partial charge on any atom is -0.477 e. The van der Waals surface area contributed by atoms with Gasteiger partial charge in [-0.15, -0.1) is 0 Å². The van der Waals surface area contributed by atoms with Gasteiger partial charge in [-0.05, 0) is 0 Å². The summed E-state index contributed by atoms with van der Waals surface area (Å²) in [7, 11) is 0. The van der Waals surface area contributed by atoms with E-state index >= 15 is 0 Å². The summed E-state index contributed by atoms with van der Waals surface area (Å²) in [6.45, 7) is -0.385. The van der Waals surface area contributed by atoms with Gasteiger partial charge in [0.05, 0.1) is 12.7 Å². The number of carbonyl (C=O) groups is 1. The number of hydrogen-bond donors (Lipinski definition) is 4. The SMILES string of the molecule is O=C(O)[C@]1(O)C[C@@H](O)[C@@H](O)CO1. The van der Waals surface area contributed by atoms with Crippen molar-refractivity contribution in [3.8, 4) is 0 Å². The normalized spacial score (nSPS) is 42.6. The molecule has 0 bridgehead atoms. The quantitative estimate of drug-likeness (QED) is 0.366. The lowest BCUT2D eigenvalue weighted by Crippen LogP contribution is -2.53. The summed E-state index contributed by atoms with van der Waals surface area (Å²) >= 11 is 0. The fraction of sp³-hybridized carbons (Fsp3) is 0.833. The van der Waals surface area contributed by atoms with Crippen LogP contribution in [-0.2, 0) is 9.53 Å². The first-order valence-corrected chi connectivity index (χ1v) is 3.41. The zero-order chi connectivity index (χ0) is 9.35. The van der Waals surface area contributed by atoms with E-state index in [0.717, 1.165) is 0 Å². The summed E-state index contributed by atoms with van der Waals surface area (Å²) in [6.07, 6.45) is -2.92. The number of aliphatic hydroxyl groups excluding tert-OH is 2. The molecule has 1 heterocycles. The highest BCUT2D eigenvalue weighted by Gasteiger charge is 2.45. The van der Waals surface area contributed by atoms with Gasteiger partial charge < -0.3 is 25.2 Å². The Morgan fingerprint density at radius 1 is 1.42 bits per heavy atom. The molecule has 0 spiro atoms. The minimum atomic E-state index is -2.36. The average Bonchev–Trinajstić information content (AvgIpc) is 1.97. The third-order valence-corrected chi connectivity index (χ3v) is 1.76. The zero-order valence-electron chi connectivity index (χ0n) is 6.17. The molecule has 1 aliphatic heterocycles. The molecule has 0 radical (unpaired) electrons. The van der Waals surface area contributed by atoms with Crippen LogP contribution in [0.15, 0.2) is 0 Å². The van der Waals surface area contributed by atoms with Crippen molar-refractivity contribution in [3.05, 3.63) is 0 Å². The zero-order valence-corrected chi connectivity index (χ0v) is 6.17. The highest BCUT2D eigenvalue weighted by molar-refractivity contribution is 5.75. The lowest BCUT2D eigenvalue weighted by atomic mass is 10.0. The minimum absolute atomic E-state index is 0.385. The van der Waals surface area contributed by atoms with Gasteiger partial charge in [-0.1, -0.05) is 0 Å². The fourth-order valence-electron chi connectivity index (χ4n) is 0.962. The summed E-state index contributed by atoms with van der Waals surface area (Å²) in [5, 5.41) is 35.5. The van der Waals surface area contributed by atoms with Crippen LogP contribution in [-0.4, -0.2) is 51.0 Å². The van der Waals surface area contributed by atoms with Gasteiger partial charge in [-0.3, -0.25) is 0 Å². The van der Waals surface area contributed by atoms with Crippen LogP contribution >= 0.6 is 0 Å². The molecule has 1 aliphatic rings. The van der Waals surface area contributed by atoms with Crippen molar-refractivity contribution in [2.24, 2.45) is 0 Å². The largest absolute Gasteiger partial charge is 0.477 e. The summed E-state index contributed by atoms with van der Waals surface area (Å²) in [6, 6.07) is 0. The van der Waals surface area contributed by atoms with Crippen molar-refractivity contribution in [1.82, 2.24) is 0 Å². The van der Waals surface area contributed by atoms with E-state index in [0.29, 0.717) is 0 Å². The molecule has 70 valence electrons. The third kappa shape index (κ3) is 1.56. The van der Waals surface area contributed by atoms with Crippen LogP contribution in [0.25, 0.3) is 0 Å². The Morgan fingerprint density at radius 2 is 2.00 bits per heavy atom. The van der Waals surface area contributed by atoms with Crippen molar-refractivity contribution >= 4 is 5.97 Å². The van der Waals surface area contributed by atoms with Gasteiger partial charge in [0.1, 0.15) is 6.10 Å². The molecule has 6 heteroatoms. The summed E-state index contributed by atoms with van der Waals surface area (Å²) < 4.78 is 4.46. The predicted molar refractivity (Wildman–Crippen MR) is 35.2 cm³/mol. The van der Waals surface area contributed by atoms with Crippen LogP contribution in [0.5, 0.6) is 0 Å². The molecular formula is C6H10O6. The molecule has 3 atom stereocenters. The van der Waals surface area contributed by atoms with Crippen molar-refractivity contribution in [1.29, 1.82) is 0 Å². The molecule has 0 aromatic heterocycles. The molecule has 0 aromatic carbocycles. The van der Waals surface area contributed by atoms with E-state index in [2.05, 4.69) is 4.74 Å². The topological polar surface area (TPSA) is 107 Å². The first-order valence-electron chi connectivity index (χ1n) is 3.41. The second kappa shape index (κ2) is 2.98. The highest BCUT2D eigenvalue weighted by atomic mass is 16.7. The van der Waals surface area contributed by atoms with Gasteiger partial charge in [0, 0.05) is 6.42 Å². The fourth-order valence-corrected chi connectivity index (χ4v) is 0.962. The first-order chi connectivity index (χ1) is 5.46. The van der Waals surface area contributed by atoms with Crippen LogP contribution in [0.2, 0.25) is 0 Å². The van der Waals surface area contributed by atoms with Crippen molar-refractivity contribution in [2.75, 3.05) is 6.61 Å². The molecule has 0 aromatic rings. The van der Waals surface area contributed by atoms with Crippen LogP contribution in [0.4, 0.5) is 0 Å². The van der Waals surface area contributed by atoms with Crippen molar-refractivity contribution in [3.63, 3.8) is 0 Å². The van der Waals surface area contributed by atoms with E-state index in [1.807, 2.05) is 0 Å². The Hall–Kier alpha value is -0.690. The molecule has 0 unspecified atom stereocenters. The van der Waals surface area contributed by atoms with Crippen LogP contribution in [0.3, 0.4) is 0 Å².